The molecular formula is C19H25N3O3. The van der Waals surface area contributed by atoms with E-state index < -0.39 is 11.7 Å². The number of hydrogen-bond acceptors (Lipinski definition) is 5. The van der Waals surface area contributed by atoms with Crippen molar-refractivity contribution in [3.05, 3.63) is 42.6 Å². The molecule has 134 valence electrons. The van der Waals surface area contributed by atoms with Gasteiger partial charge in [0.15, 0.2) is 0 Å². The molecule has 0 saturated heterocycles. The van der Waals surface area contributed by atoms with Crippen molar-refractivity contribution < 1.29 is 14.3 Å². The molecule has 1 aromatic heterocycles. The van der Waals surface area contributed by atoms with Gasteiger partial charge in [-0.05, 0) is 58.9 Å². The summed E-state index contributed by atoms with van der Waals surface area (Å²) in [5, 5.41) is 5.87. The van der Waals surface area contributed by atoms with Gasteiger partial charge in [-0.15, -0.1) is 0 Å². The third kappa shape index (κ3) is 6.33. The van der Waals surface area contributed by atoms with Crippen molar-refractivity contribution >= 4 is 23.3 Å². The van der Waals surface area contributed by atoms with Crippen molar-refractivity contribution in [1.29, 1.82) is 0 Å². The number of para-hydroxylation sites is 2. The number of rotatable bonds is 5. The molecule has 0 saturated carbocycles. The molecule has 25 heavy (non-hydrogen) atoms. The van der Waals surface area contributed by atoms with E-state index in [2.05, 4.69) is 15.6 Å². The second-order valence-electron chi connectivity index (χ2n) is 6.85. The van der Waals surface area contributed by atoms with E-state index in [4.69, 9.17) is 9.47 Å². The lowest BCUT2D eigenvalue weighted by Gasteiger charge is -2.19. The summed E-state index contributed by atoms with van der Waals surface area (Å²) < 4.78 is 11.0. The maximum atomic E-state index is 11.8. The van der Waals surface area contributed by atoms with Gasteiger partial charge in [0.2, 0.25) is 0 Å². The van der Waals surface area contributed by atoms with Crippen molar-refractivity contribution in [2.75, 3.05) is 10.6 Å². The van der Waals surface area contributed by atoms with E-state index in [-0.39, 0.29) is 6.10 Å². The first-order valence-corrected chi connectivity index (χ1v) is 8.22. The summed E-state index contributed by atoms with van der Waals surface area (Å²) in [6.07, 6.45) is 1.14. The van der Waals surface area contributed by atoms with Crippen molar-refractivity contribution in [1.82, 2.24) is 4.98 Å². The van der Waals surface area contributed by atoms with Crippen LogP contribution < -0.4 is 15.4 Å². The molecule has 2 N–H and O–H groups in total. The molecule has 0 aliphatic carbocycles. The molecule has 1 amide bonds. The van der Waals surface area contributed by atoms with Crippen molar-refractivity contribution in [2.45, 2.75) is 46.3 Å². The quantitative estimate of drug-likeness (QED) is 0.803. The molecule has 2 aromatic rings. The Kier molecular flexibility index (Phi) is 5.85. The number of anilines is 3. The Morgan fingerprint density at radius 2 is 1.84 bits per heavy atom. The largest absolute Gasteiger partial charge is 0.489 e. The minimum Gasteiger partial charge on any atom is -0.489 e. The zero-order valence-corrected chi connectivity index (χ0v) is 15.3. The minimum absolute atomic E-state index is 0.0799. The van der Waals surface area contributed by atoms with E-state index in [1.54, 1.807) is 18.3 Å². The summed E-state index contributed by atoms with van der Waals surface area (Å²) in [6.45, 7) is 9.40. The van der Waals surface area contributed by atoms with E-state index >= 15 is 0 Å². The topological polar surface area (TPSA) is 72.5 Å². The van der Waals surface area contributed by atoms with Crippen LogP contribution in [-0.2, 0) is 4.74 Å². The molecule has 0 spiro atoms. The first-order chi connectivity index (χ1) is 11.7. The predicted octanol–water partition coefficient (Wildman–Crippen LogP) is 4.96. The first-order valence-electron chi connectivity index (χ1n) is 8.22. The van der Waals surface area contributed by atoms with E-state index in [0.29, 0.717) is 11.5 Å². The molecule has 0 unspecified atom stereocenters. The average Bonchev–Trinajstić information content (AvgIpc) is 2.49. The fourth-order valence-electron chi connectivity index (χ4n) is 2.03. The summed E-state index contributed by atoms with van der Waals surface area (Å²) in [6, 6.07) is 11.2. The van der Waals surface area contributed by atoms with Crippen LogP contribution in [0.5, 0.6) is 5.75 Å². The van der Waals surface area contributed by atoms with Crippen LogP contribution in [0, 0.1) is 0 Å². The molecule has 1 aromatic carbocycles. The Labute approximate surface area is 148 Å². The van der Waals surface area contributed by atoms with Gasteiger partial charge in [-0.2, -0.15) is 0 Å². The van der Waals surface area contributed by atoms with Gasteiger partial charge in [-0.1, -0.05) is 12.1 Å². The highest BCUT2D eigenvalue weighted by Crippen LogP contribution is 2.27. The van der Waals surface area contributed by atoms with E-state index in [0.717, 1.165) is 11.4 Å². The Morgan fingerprint density at radius 3 is 2.44 bits per heavy atom. The second-order valence-corrected chi connectivity index (χ2v) is 6.85. The van der Waals surface area contributed by atoms with Crippen LogP contribution in [0.3, 0.4) is 0 Å². The van der Waals surface area contributed by atoms with E-state index in [9.17, 15) is 4.79 Å². The number of carbonyl (C=O) groups is 1. The lowest BCUT2D eigenvalue weighted by Crippen LogP contribution is -2.27. The number of benzene rings is 1. The second kappa shape index (κ2) is 7.88. The zero-order chi connectivity index (χ0) is 18.4. The van der Waals surface area contributed by atoms with Gasteiger partial charge < -0.3 is 14.8 Å². The molecule has 1 heterocycles. The Morgan fingerprint density at radius 1 is 1.12 bits per heavy atom. The molecule has 0 atom stereocenters. The first kappa shape index (κ1) is 18.6. The number of amides is 1. The minimum atomic E-state index is -0.543. The third-order valence-corrected chi connectivity index (χ3v) is 2.92. The van der Waals surface area contributed by atoms with Crippen LogP contribution >= 0.6 is 0 Å². The summed E-state index contributed by atoms with van der Waals surface area (Å²) >= 11 is 0. The van der Waals surface area contributed by atoms with E-state index in [1.807, 2.05) is 58.9 Å². The summed E-state index contributed by atoms with van der Waals surface area (Å²) in [4.78, 5) is 16.1. The van der Waals surface area contributed by atoms with Gasteiger partial charge in [0.1, 0.15) is 17.2 Å². The highest BCUT2D eigenvalue weighted by Gasteiger charge is 2.16. The molecule has 6 nitrogen and oxygen atoms in total. The third-order valence-electron chi connectivity index (χ3n) is 2.92. The number of nitrogens with zero attached hydrogens (tertiary/aromatic N) is 1. The Hall–Kier alpha value is -2.76. The van der Waals surface area contributed by atoms with Gasteiger partial charge >= 0.3 is 6.09 Å². The molecular weight excluding hydrogens is 318 g/mol. The van der Waals surface area contributed by atoms with Crippen LogP contribution in [-0.4, -0.2) is 22.8 Å². The van der Waals surface area contributed by atoms with Gasteiger partial charge in [0, 0.05) is 0 Å². The van der Waals surface area contributed by atoms with Gasteiger partial charge in [-0.25, -0.2) is 9.78 Å². The van der Waals surface area contributed by atoms with E-state index in [1.165, 1.54) is 0 Å². The molecule has 0 bridgehead atoms. The lowest BCUT2D eigenvalue weighted by atomic mass is 10.2. The van der Waals surface area contributed by atoms with Crippen LogP contribution in [0.2, 0.25) is 0 Å². The highest BCUT2D eigenvalue weighted by molar-refractivity contribution is 5.84. The molecule has 0 radical (unpaired) electrons. The highest BCUT2D eigenvalue weighted by atomic mass is 16.6. The average molecular weight is 343 g/mol. The number of carbonyl (C=O) groups excluding carboxylic acids is 1. The summed E-state index contributed by atoms with van der Waals surface area (Å²) in [5.41, 5.74) is 0.849. The van der Waals surface area contributed by atoms with Crippen molar-refractivity contribution in [3.8, 4) is 5.75 Å². The number of hydrogen-bond donors (Lipinski definition) is 2. The predicted molar refractivity (Wildman–Crippen MR) is 99.6 cm³/mol. The normalized spacial score (nSPS) is 11.1. The fraction of sp³-hybridized carbons (Fsp3) is 0.368. The summed E-state index contributed by atoms with van der Waals surface area (Å²) in [5.74, 6) is 1.41. The zero-order valence-electron chi connectivity index (χ0n) is 15.3. The smallest absolute Gasteiger partial charge is 0.412 e. The van der Waals surface area contributed by atoms with Gasteiger partial charge in [-0.3, -0.25) is 5.32 Å². The van der Waals surface area contributed by atoms with Crippen molar-refractivity contribution in [2.24, 2.45) is 0 Å². The molecule has 0 fully saturated rings. The molecule has 6 heteroatoms. The number of ether oxygens (including phenoxy) is 2. The molecule has 0 aliphatic heterocycles. The lowest BCUT2D eigenvalue weighted by molar-refractivity contribution is 0.0636. The fourth-order valence-corrected chi connectivity index (χ4v) is 2.03. The van der Waals surface area contributed by atoms with Crippen LogP contribution in [0.25, 0.3) is 0 Å². The van der Waals surface area contributed by atoms with Crippen LogP contribution in [0.1, 0.15) is 34.6 Å². The maximum Gasteiger partial charge on any atom is 0.412 e. The molecule has 2 rings (SSSR count). The standard InChI is InChI=1S/C19H25N3O3/c1-13(2)24-16-9-7-6-8-15(16)22-17-11-10-14(12-20-17)21-18(23)25-19(3,4)5/h6-13H,1-5H3,(H,20,22)(H,21,23). The number of pyridine rings is 1. The monoisotopic (exact) mass is 343 g/mol. The summed E-state index contributed by atoms with van der Waals surface area (Å²) in [7, 11) is 0. The maximum absolute atomic E-state index is 11.8. The van der Waals surface area contributed by atoms with Crippen molar-refractivity contribution in [3.63, 3.8) is 0 Å². The number of aromatic nitrogens is 1. The van der Waals surface area contributed by atoms with Crippen LogP contribution in [0.4, 0.5) is 22.0 Å². The van der Waals surface area contributed by atoms with Gasteiger partial charge in [0.05, 0.1) is 23.7 Å². The number of nitrogens with one attached hydrogen (secondary N) is 2. The Bertz CT molecular complexity index is 707. The SMILES string of the molecule is CC(C)Oc1ccccc1Nc1ccc(NC(=O)OC(C)(C)C)cn1. The Balaban J connectivity index is 2.03. The van der Waals surface area contributed by atoms with Crippen LogP contribution in [0.15, 0.2) is 42.6 Å². The van der Waals surface area contributed by atoms with Gasteiger partial charge in [0.25, 0.3) is 0 Å². The molecule has 0 aliphatic rings.